The molecular weight excluding hydrogens is 228 g/mol. The topological polar surface area (TPSA) is 45.5 Å². The smallest absolute Gasteiger partial charge is 0.226 e. The zero-order valence-corrected chi connectivity index (χ0v) is 10.7. The largest absolute Gasteiger partial charge is 0.468 e. The van der Waals surface area contributed by atoms with Crippen molar-refractivity contribution in [1.29, 1.82) is 0 Å². The number of hydrogen-bond donors (Lipinski definition) is 1. The normalized spacial score (nSPS) is 29.4. The molecule has 2 aliphatic rings. The van der Waals surface area contributed by atoms with Gasteiger partial charge in [0.2, 0.25) is 5.91 Å². The van der Waals surface area contributed by atoms with Crippen molar-refractivity contribution in [2.75, 3.05) is 19.6 Å². The number of hydrogen-bond acceptors (Lipinski definition) is 3. The fraction of sp³-hybridized carbons (Fsp3) is 0.643. The van der Waals surface area contributed by atoms with E-state index in [1.54, 1.807) is 6.26 Å². The first kappa shape index (κ1) is 11.8. The molecule has 0 saturated carbocycles. The third-order valence-corrected chi connectivity index (χ3v) is 4.37. The van der Waals surface area contributed by atoms with Gasteiger partial charge in [-0.15, -0.1) is 0 Å². The van der Waals surface area contributed by atoms with Crippen molar-refractivity contribution < 1.29 is 9.21 Å². The van der Waals surface area contributed by atoms with Crippen molar-refractivity contribution in [3.8, 4) is 0 Å². The first-order valence-electron chi connectivity index (χ1n) is 6.82. The van der Waals surface area contributed by atoms with Crippen LogP contribution in [0.15, 0.2) is 22.8 Å². The molecular formula is C14H20N2O2. The van der Waals surface area contributed by atoms with E-state index in [9.17, 15) is 4.79 Å². The van der Waals surface area contributed by atoms with E-state index in [2.05, 4.69) is 10.2 Å². The van der Waals surface area contributed by atoms with Crippen LogP contribution in [0.4, 0.5) is 0 Å². The molecule has 4 heteroatoms. The SMILES string of the molecule is O=C1NCCC12CCCN(Cc1ccco1)CC2. The molecule has 0 radical (unpaired) electrons. The van der Waals surface area contributed by atoms with Gasteiger partial charge in [-0.3, -0.25) is 9.69 Å². The standard InChI is InChI=1S/C14H20N2O2/c17-13-14(5-7-15-13)4-2-8-16(9-6-14)11-12-3-1-10-18-12/h1,3,10H,2,4-9,11H2,(H,15,17). The lowest BCUT2D eigenvalue weighted by molar-refractivity contribution is -0.128. The number of amides is 1. The summed E-state index contributed by atoms with van der Waals surface area (Å²) in [6, 6.07) is 3.95. The summed E-state index contributed by atoms with van der Waals surface area (Å²) in [6.07, 6.45) is 5.86. The summed E-state index contributed by atoms with van der Waals surface area (Å²) in [4.78, 5) is 14.4. The second-order valence-electron chi connectivity index (χ2n) is 5.50. The summed E-state index contributed by atoms with van der Waals surface area (Å²) < 4.78 is 5.39. The van der Waals surface area contributed by atoms with Gasteiger partial charge in [-0.25, -0.2) is 0 Å². The molecule has 1 aromatic heterocycles. The third kappa shape index (κ3) is 2.17. The fourth-order valence-corrected chi connectivity index (χ4v) is 3.22. The Kier molecular flexibility index (Phi) is 3.12. The van der Waals surface area contributed by atoms with Crippen molar-refractivity contribution in [3.63, 3.8) is 0 Å². The van der Waals surface area contributed by atoms with Crippen LogP contribution in [-0.4, -0.2) is 30.4 Å². The molecule has 18 heavy (non-hydrogen) atoms. The average Bonchev–Trinajstić information content (AvgIpc) is 2.92. The van der Waals surface area contributed by atoms with Crippen LogP contribution in [0.5, 0.6) is 0 Å². The molecule has 0 aliphatic carbocycles. The van der Waals surface area contributed by atoms with Gasteiger partial charge in [-0.05, 0) is 50.9 Å². The predicted octanol–water partition coefficient (Wildman–Crippen LogP) is 1.77. The van der Waals surface area contributed by atoms with Gasteiger partial charge in [0.1, 0.15) is 5.76 Å². The van der Waals surface area contributed by atoms with E-state index in [0.29, 0.717) is 0 Å². The Morgan fingerprint density at radius 2 is 2.28 bits per heavy atom. The Balaban J connectivity index is 1.63. The van der Waals surface area contributed by atoms with Crippen molar-refractivity contribution >= 4 is 5.91 Å². The Bertz CT molecular complexity index is 415. The lowest BCUT2D eigenvalue weighted by Crippen LogP contribution is -2.32. The number of rotatable bonds is 2. The zero-order chi connectivity index (χ0) is 12.4. The van der Waals surface area contributed by atoms with Crippen LogP contribution in [0.1, 0.15) is 31.4 Å². The lowest BCUT2D eigenvalue weighted by atomic mass is 9.79. The summed E-state index contributed by atoms with van der Waals surface area (Å²) in [7, 11) is 0. The molecule has 0 bridgehead atoms. The number of nitrogens with one attached hydrogen (secondary N) is 1. The monoisotopic (exact) mass is 248 g/mol. The maximum atomic E-state index is 12.0. The van der Waals surface area contributed by atoms with Gasteiger partial charge >= 0.3 is 0 Å². The highest BCUT2D eigenvalue weighted by Crippen LogP contribution is 2.38. The molecule has 1 amide bonds. The predicted molar refractivity (Wildman–Crippen MR) is 67.9 cm³/mol. The molecule has 2 aliphatic heterocycles. The molecule has 1 atom stereocenters. The molecule has 2 fully saturated rings. The highest BCUT2D eigenvalue weighted by atomic mass is 16.3. The lowest BCUT2D eigenvalue weighted by Gasteiger charge is -2.24. The summed E-state index contributed by atoms with van der Waals surface area (Å²) in [6.45, 7) is 3.78. The quantitative estimate of drug-likeness (QED) is 0.867. The van der Waals surface area contributed by atoms with Gasteiger partial charge in [0.25, 0.3) is 0 Å². The maximum absolute atomic E-state index is 12.0. The minimum absolute atomic E-state index is 0.0715. The number of carbonyl (C=O) groups is 1. The zero-order valence-electron chi connectivity index (χ0n) is 10.7. The summed E-state index contributed by atoms with van der Waals surface area (Å²) in [5.74, 6) is 1.30. The highest BCUT2D eigenvalue weighted by molar-refractivity contribution is 5.84. The van der Waals surface area contributed by atoms with Gasteiger partial charge in [0.15, 0.2) is 0 Å². The van der Waals surface area contributed by atoms with Crippen molar-refractivity contribution in [2.24, 2.45) is 5.41 Å². The van der Waals surface area contributed by atoms with E-state index in [1.165, 1.54) is 0 Å². The van der Waals surface area contributed by atoms with Crippen molar-refractivity contribution in [3.05, 3.63) is 24.2 Å². The van der Waals surface area contributed by atoms with E-state index in [4.69, 9.17) is 4.42 Å². The average molecular weight is 248 g/mol. The number of nitrogens with zero attached hydrogens (tertiary/aromatic N) is 1. The molecule has 3 heterocycles. The first-order chi connectivity index (χ1) is 8.78. The van der Waals surface area contributed by atoms with Crippen LogP contribution in [0.2, 0.25) is 0 Å². The molecule has 4 nitrogen and oxygen atoms in total. The van der Waals surface area contributed by atoms with Crippen LogP contribution >= 0.6 is 0 Å². The molecule has 98 valence electrons. The summed E-state index contributed by atoms with van der Waals surface area (Å²) in [5.41, 5.74) is -0.0715. The Hall–Kier alpha value is -1.29. The number of furan rings is 1. The minimum Gasteiger partial charge on any atom is -0.468 e. The van der Waals surface area contributed by atoms with Gasteiger partial charge in [-0.2, -0.15) is 0 Å². The van der Waals surface area contributed by atoms with Gasteiger partial charge < -0.3 is 9.73 Å². The van der Waals surface area contributed by atoms with Crippen LogP contribution in [0.3, 0.4) is 0 Å². The number of carbonyl (C=O) groups excluding carboxylic acids is 1. The van der Waals surface area contributed by atoms with Gasteiger partial charge in [0, 0.05) is 6.54 Å². The molecule has 0 aromatic carbocycles. The molecule has 1 aromatic rings. The Labute approximate surface area is 107 Å². The van der Waals surface area contributed by atoms with Crippen molar-refractivity contribution in [2.45, 2.75) is 32.2 Å². The minimum atomic E-state index is -0.0715. The van der Waals surface area contributed by atoms with E-state index in [-0.39, 0.29) is 11.3 Å². The molecule has 1 unspecified atom stereocenters. The van der Waals surface area contributed by atoms with Gasteiger partial charge in [-0.1, -0.05) is 0 Å². The summed E-state index contributed by atoms with van der Waals surface area (Å²) in [5, 5.41) is 2.99. The molecule has 1 N–H and O–H groups in total. The second-order valence-corrected chi connectivity index (χ2v) is 5.50. The van der Waals surface area contributed by atoms with Crippen molar-refractivity contribution in [1.82, 2.24) is 10.2 Å². The van der Waals surface area contributed by atoms with Crippen LogP contribution in [-0.2, 0) is 11.3 Å². The van der Waals surface area contributed by atoms with E-state index >= 15 is 0 Å². The van der Waals surface area contributed by atoms with E-state index < -0.39 is 0 Å². The number of likely N-dealkylation sites (tertiary alicyclic amines) is 1. The third-order valence-electron chi connectivity index (χ3n) is 4.37. The van der Waals surface area contributed by atoms with E-state index in [0.717, 1.165) is 57.6 Å². The molecule has 1 spiro atoms. The Morgan fingerprint density at radius 3 is 3.00 bits per heavy atom. The molecule has 3 rings (SSSR count). The first-order valence-corrected chi connectivity index (χ1v) is 6.82. The van der Waals surface area contributed by atoms with Crippen LogP contribution in [0, 0.1) is 5.41 Å². The van der Waals surface area contributed by atoms with E-state index in [1.807, 2.05) is 12.1 Å². The highest BCUT2D eigenvalue weighted by Gasteiger charge is 2.42. The summed E-state index contributed by atoms with van der Waals surface area (Å²) >= 11 is 0. The van der Waals surface area contributed by atoms with Gasteiger partial charge in [0.05, 0.1) is 18.2 Å². The maximum Gasteiger partial charge on any atom is 0.226 e. The molecule has 2 saturated heterocycles. The second kappa shape index (κ2) is 4.76. The van der Waals surface area contributed by atoms with Crippen LogP contribution in [0.25, 0.3) is 0 Å². The van der Waals surface area contributed by atoms with Crippen LogP contribution < -0.4 is 5.32 Å². The Morgan fingerprint density at radius 1 is 1.33 bits per heavy atom. The fourth-order valence-electron chi connectivity index (χ4n) is 3.22.